The van der Waals surface area contributed by atoms with Crippen LogP contribution in [0, 0.1) is 0 Å². The highest BCUT2D eigenvalue weighted by Crippen LogP contribution is 2.13. The third kappa shape index (κ3) is 3.89. The molecule has 0 saturated carbocycles. The standard InChI is InChI=1S/C9H5Cl4N/c10-7-3-1-6(2-4-7)9(13)14-5-8(11)12/h1-5H. The average Bonchev–Trinajstić information content (AvgIpc) is 2.15. The summed E-state index contributed by atoms with van der Waals surface area (Å²) in [5, 5.41) is 0.949. The number of hydrogen-bond acceptors (Lipinski definition) is 1. The molecule has 0 amide bonds. The summed E-state index contributed by atoms with van der Waals surface area (Å²) in [5.41, 5.74) is 0.752. The van der Waals surface area contributed by atoms with Gasteiger partial charge < -0.3 is 0 Å². The fourth-order valence-corrected chi connectivity index (χ4v) is 1.17. The summed E-state index contributed by atoms with van der Waals surface area (Å²) in [5.74, 6) is 0. The molecule has 74 valence electrons. The minimum absolute atomic E-state index is 0.0529. The lowest BCUT2D eigenvalue weighted by atomic mass is 10.2. The lowest BCUT2D eigenvalue weighted by Crippen LogP contribution is -1.88. The molecule has 0 N–H and O–H groups in total. The SMILES string of the molecule is ClC(Cl)=CN=C(Cl)c1ccc(Cl)cc1. The zero-order valence-corrected chi connectivity index (χ0v) is 9.87. The van der Waals surface area contributed by atoms with Crippen LogP contribution in [0.15, 0.2) is 39.9 Å². The van der Waals surface area contributed by atoms with E-state index >= 15 is 0 Å². The van der Waals surface area contributed by atoms with Gasteiger partial charge in [0.15, 0.2) is 0 Å². The van der Waals surface area contributed by atoms with Crippen molar-refractivity contribution in [2.24, 2.45) is 4.99 Å². The molecule has 1 nitrogen and oxygen atoms in total. The molecule has 0 aliphatic heterocycles. The van der Waals surface area contributed by atoms with E-state index in [0.29, 0.717) is 10.2 Å². The third-order valence-electron chi connectivity index (χ3n) is 1.36. The summed E-state index contributed by atoms with van der Waals surface area (Å²) in [7, 11) is 0. The molecule has 5 heteroatoms. The highest BCUT2D eigenvalue weighted by atomic mass is 35.5. The Balaban J connectivity index is 2.89. The molecule has 0 unspecified atom stereocenters. The first-order chi connectivity index (χ1) is 6.59. The zero-order valence-electron chi connectivity index (χ0n) is 6.85. The molecule has 1 rings (SSSR count). The first-order valence-electron chi connectivity index (χ1n) is 3.60. The van der Waals surface area contributed by atoms with E-state index in [1.54, 1.807) is 24.3 Å². The number of nitrogens with zero attached hydrogens (tertiary/aromatic N) is 1. The second kappa shape index (κ2) is 5.62. The van der Waals surface area contributed by atoms with Crippen molar-refractivity contribution in [1.29, 1.82) is 0 Å². The summed E-state index contributed by atoms with van der Waals surface area (Å²) < 4.78 is 0.0529. The zero-order chi connectivity index (χ0) is 10.6. The van der Waals surface area contributed by atoms with Crippen LogP contribution in [0.5, 0.6) is 0 Å². The van der Waals surface area contributed by atoms with E-state index in [0.717, 1.165) is 5.56 Å². The van der Waals surface area contributed by atoms with Gasteiger partial charge in [0.2, 0.25) is 0 Å². The van der Waals surface area contributed by atoms with Crippen molar-refractivity contribution in [3.05, 3.63) is 45.5 Å². The topological polar surface area (TPSA) is 12.4 Å². The summed E-state index contributed by atoms with van der Waals surface area (Å²) >= 11 is 22.3. The van der Waals surface area contributed by atoms with Gasteiger partial charge in [-0.15, -0.1) is 0 Å². The molecule has 0 heterocycles. The van der Waals surface area contributed by atoms with E-state index in [1.807, 2.05) is 0 Å². The Bertz CT molecular complexity index is 363. The van der Waals surface area contributed by atoms with Crippen LogP contribution >= 0.6 is 46.4 Å². The Labute approximate surface area is 102 Å². The molecule has 1 aromatic rings. The van der Waals surface area contributed by atoms with Crippen molar-refractivity contribution in [1.82, 2.24) is 0 Å². The summed E-state index contributed by atoms with van der Waals surface area (Å²) in [6, 6.07) is 6.95. The highest BCUT2D eigenvalue weighted by molar-refractivity contribution is 6.69. The normalized spacial score (nSPS) is 11.3. The summed E-state index contributed by atoms with van der Waals surface area (Å²) in [6.45, 7) is 0. The number of hydrogen-bond donors (Lipinski definition) is 0. The quantitative estimate of drug-likeness (QED) is 0.695. The number of halogens is 4. The van der Waals surface area contributed by atoms with Crippen LogP contribution in [-0.4, -0.2) is 5.17 Å². The van der Waals surface area contributed by atoms with Crippen molar-refractivity contribution in [3.63, 3.8) is 0 Å². The molecule has 1 aromatic carbocycles. The first kappa shape index (κ1) is 11.9. The predicted octanol–water partition coefficient (Wildman–Crippen LogP) is 4.60. The highest BCUT2D eigenvalue weighted by Gasteiger charge is 1.98. The van der Waals surface area contributed by atoms with E-state index in [2.05, 4.69) is 4.99 Å². The molecule has 0 atom stereocenters. The predicted molar refractivity (Wildman–Crippen MR) is 63.6 cm³/mol. The second-order valence-corrected chi connectivity index (χ2v) is 4.15. The fraction of sp³-hybridized carbons (Fsp3) is 0. The van der Waals surface area contributed by atoms with Crippen LogP contribution in [0.2, 0.25) is 5.02 Å². The number of rotatable bonds is 2. The van der Waals surface area contributed by atoms with Gasteiger partial charge in [0.05, 0.1) is 6.20 Å². The van der Waals surface area contributed by atoms with Gasteiger partial charge in [0.25, 0.3) is 0 Å². The Kier molecular flexibility index (Phi) is 4.76. The Morgan fingerprint density at radius 2 is 1.64 bits per heavy atom. The van der Waals surface area contributed by atoms with E-state index in [1.165, 1.54) is 6.20 Å². The molecule has 0 spiro atoms. The minimum Gasteiger partial charge on any atom is -0.241 e. The van der Waals surface area contributed by atoms with Crippen LogP contribution in [0.25, 0.3) is 0 Å². The van der Waals surface area contributed by atoms with E-state index < -0.39 is 0 Å². The van der Waals surface area contributed by atoms with Crippen molar-refractivity contribution < 1.29 is 0 Å². The van der Waals surface area contributed by atoms with Crippen LogP contribution in [-0.2, 0) is 0 Å². The Morgan fingerprint density at radius 3 is 2.14 bits per heavy atom. The molecule has 0 radical (unpaired) electrons. The Morgan fingerprint density at radius 1 is 1.07 bits per heavy atom. The van der Waals surface area contributed by atoms with Gasteiger partial charge in [-0.2, -0.15) is 0 Å². The first-order valence-corrected chi connectivity index (χ1v) is 5.11. The monoisotopic (exact) mass is 267 g/mol. The van der Waals surface area contributed by atoms with Crippen molar-refractivity contribution >= 4 is 51.6 Å². The smallest absolute Gasteiger partial charge is 0.136 e. The molecular formula is C9H5Cl4N. The van der Waals surface area contributed by atoms with E-state index in [4.69, 9.17) is 46.4 Å². The number of aliphatic imine (C=N–C) groups is 1. The Hall–Kier alpha value is -0.210. The van der Waals surface area contributed by atoms with Crippen molar-refractivity contribution in [2.45, 2.75) is 0 Å². The van der Waals surface area contributed by atoms with Gasteiger partial charge in [0.1, 0.15) is 9.66 Å². The maximum absolute atomic E-state index is 5.85. The van der Waals surface area contributed by atoms with Gasteiger partial charge in [-0.25, -0.2) is 4.99 Å². The molecule has 0 aromatic heterocycles. The largest absolute Gasteiger partial charge is 0.241 e. The van der Waals surface area contributed by atoms with Crippen LogP contribution in [0.3, 0.4) is 0 Å². The summed E-state index contributed by atoms with van der Waals surface area (Å²) in [6.07, 6.45) is 1.26. The van der Waals surface area contributed by atoms with Gasteiger partial charge in [-0.1, -0.05) is 58.5 Å². The maximum atomic E-state index is 5.85. The van der Waals surface area contributed by atoms with E-state index in [-0.39, 0.29) is 4.49 Å². The van der Waals surface area contributed by atoms with Crippen molar-refractivity contribution in [3.8, 4) is 0 Å². The van der Waals surface area contributed by atoms with Gasteiger partial charge >= 0.3 is 0 Å². The molecule has 0 bridgehead atoms. The molecule has 0 aliphatic carbocycles. The lowest BCUT2D eigenvalue weighted by molar-refractivity contribution is 1.56. The van der Waals surface area contributed by atoms with Crippen LogP contribution < -0.4 is 0 Å². The van der Waals surface area contributed by atoms with Crippen molar-refractivity contribution in [2.75, 3.05) is 0 Å². The van der Waals surface area contributed by atoms with Crippen LogP contribution in [0.1, 0.15) is 5.56 Å². The second-order valence-electron chi connectivity index (χ2n) is 2.35. The number of benzene rings is 1. The molecule has 0 aliphatic rings. The summed E-state index contributed by atoms with van der Waals surface area (Å²) in [4.78, 5) is 3.84. The molecule has 0 saturated heterocycles. The molecule has 14 heavy (non-hydrogen) atoms. The molecule has 0 fully saturated rings. The van der Waals surface area contributed by atoms with Gasteiger partial charge in [0, 0.05) is 10.6 Å². The fourth-order valence-electron chi connectivity index (χ4n) is 0.767. The maximum Gasteiger partial charge on any atom is 0.136 e. The minimum atomic E-state index is 0.0529. The average molecular weight is 269 g/mol. The van der Waals surface area contributed by atoms with Gasteiger partial charge in [-0.3, -0.25) is 0 Å². The van der Waals surface area contributed by atoms with E-state index in [9.17, 15) is 0 Å². The molecular weight excluding hydrogens is 264 g/mol. The third-order valence-corrected chi connectivity index (χ3v) is 2.12. The van der Waals surface area contributed by atoms with Crippen LogP contribution in [0.4, 0.5) is 0 Å². The lowest BCUT2D eigenvalue weighted by Gasteiger charge is -1.96. The van der Waals surface area contributed by atoms with Gasteiger partial charge in [-0.05, 0) is 12.1 Å².